The molecule has 0 spiro atoms. The maximum absolute atomic E-state index is 15.4. The summed E-state index contributed by atoms with van der Waals surface area (Å²) in [6, 6.07) is 21.2. The van der Waals surface area contributed by atoms with Gasteiger partial charge in [0.15, 0.2) is 11.4 Å². The lowest BCUT2D eigenvalue weighted by molar-refractivity contribution is -0.114. The van der Waals surface area contributed by atoms with Crippen molar-refractivity contribution in [3.8, 4) is 11.3 Å². The Labute approximate surface area is 297 Å². The van der Waals surface area contributed by atoms with Crippen LogP contribution < -0.4 is 20.4 Å². The molecule has 0 aliphatic carbocycles. The highest BCUT2D eigenvalue weighted by Crippen LogP contribution is 2.35. The van der Waals surface area contributed by atoms with Gasteiger partial charge >= 0.3 is 0 Å². The number of carbonyl (C=O) groups is 1. The van der Waals surface area contributed by atoms with Gasteiger partial charge in [-0.1, -0.05) is 30.3 Å². The van der Waals surface area contributed by atoms with Gasteiger partial charge in [-0.15, -0.1) is 0 Å². The van der Waals surface area contributed by atoms with Crippen LogP contribution in [0.2, 0.25) is 0 Å². The summed E-state index contributed by atoms with van der Waals surface area (Å²) in [6.07, 6.45) is 7.42. The van der Waals surface area contributed by atoms with E-state index in [1.807, 2.05) is 72.4 Å². The Morgan fingerprint density at radius 2 is 1.73 bits per heavy atom. The second-order valence-corrected chi connectivity index (χ2v) is 13.3. The first-order valence-corrected chi connectivity index (χ1v) is 17.6. The fraction of sp³-hybridized carbons (Fsp3) is 0.333. The molecular weight excluding hydrogens is 645 g/mol. The van der Waals surface area contributed by atoms with E-state index < -0.39 is 0 Å². The molecule has 3 N–H and O–H groups in total. The maximum Gasteiger partial charge on any atom is 0.229 e. The van der Waals surface area contributed by atoms with E-state index in [4.69, 9.17) is 14.7 Å². The number of anilines is 6. The summed E-state index contributed by atoms with van der Waals surface area (Å²) in [5, 5.41) is 15.0. The molecule has 0 unspecified atom stereocenters. The molecule has 264 valence electrons. The van der Waals surface area contributed by atoms with Crippen LogP contribution in [0.3, 0.4) is 0 Å². The minimum atomic E-state index is -0.322. The summed E-state index contributed by atoms with van der Waals surface area (Å²) in [6.45, 7) is 5.22. The summed E-state index contributed by atoms with van der Waals surface area (Å²) in [5.41, 5.74) is 5.86. The summed E-state index contributed by atoms with van der Waals surface area (Å²) in [4.78, 5) is 29.0. The molecule has 0 atom stereocenters. The normalized spacial score (nSPS) is 15.2. The van der Waals surface area contributed by atoms with E-state index in [1.54, 1.807) is 12.1 Å². The summed E-state index contributed by atoms with van der Waals surface area (Å²) >= 11 is 0. The molecular formula is C39H44FN9O2. The highest BCUT2D eigenvalue weighted by molar-refractivity contribution is 6.01. The van der Waals surface area contributed by atoms with E-state index >= 15 is 4.39 Å². The van der Waals surface area contributed by atoms with Gasteiger partial charge in [-0.3, -0.25) is 9.89 Å². The third-order valence-electron chi connectivity index (χ3n) is 9.16. The zero-order valence-corrected chi connectivity index (χ0v) is 29.2. The number of nitrogens with zero attached hydrogens (tertiary/aromatic N) is 6. The van der Waals surface area contributed by atoms with Crippen molar-refractivity contribution in [2.24, 2.45) is 0 Å². The van der Waals surface area contributed by atoms with Gasteiger partial charge in [-0.25, -0.2) is 9.37 Å². The molecule has 0 saturated carbocycles. The number of aromatic nitrogens is 4. The average molecular weight is 690 g/mol. The number of hydrogen-bond acceptors (Lipinski definition) is 10. The Balaban J connectivity index is 1.22. The highest BCUT2D eigenvalue weighted by atomic mass is 19.1. The molecule has 2 aliphatic rings. The molecule has 2 fully saturated rings. The molecule has 2 aromatic heterocycles. The number of rotatable bonds is 12. The molecule has 51 heavy (non-hydrogen) atoms. The predicted octanol–water partition coefficient (Wildman–Crippen LogP) is 6.70. The standard InChI is InChI=1S/C39H44FN9O2/c1-47(2)16-8-13-32(50)24-27-9-6-10-28(23-27)36-35-37(41-30-14-15-34(33(40)26-30)49-19-21-51-22-20-49)45-46-38(35)44-39(43-36)42-29-11-7-12-31(25-29)48-17-4-3-5-18-48/h6-15,23,25-26H,3-5,16-22,24H2,1-2H3,(H3,41,42,43,44,45,46)/b13-8+. The van der Waals surface area contributed by atoms with Crippen LogP contribution in [0.4, 0.5) is 38.9 Å². The van der Waals surface area contributed by atoms with Crippen molar-refractivity contribution in [1.82, 2.24) is 25.1 Å². The second kappa shape index (κ2) is 15.7. The number of ketones is 1. The minimum Gasteiger partial charge on any atom is -0.378 e. The van der Waals surface area contributed by atoms with Gasteiger partial charge < -0.3 is 30.1 Å². The van der Waals surface area contributed by atoms with Crippen molar-refractivity contribution in [3.05, 3.63) is 90.3 Å². The van der Waals surface area contributed by atoms with Crippen LogP contribution in [0.15, 0.2) is 78.9 Å². The number of ether oxygens (including phenoxy) is 1. The van der Waals surface area contributed by atoms with E-state index in [1.165, 1.54) is 25.3 Å². The lowest BCUT2D eigenvalue weighted by atomic mass is 10.0. The van der Waals surface area contributed by atoms with Crippen LogP contribution in [-0.4, -0.2) is 90.9 Å². The Kier molecular flexibility index (Phi) is 10.5. The second-order valence-electron chi connectivity index (χ2n) is 13.3. The Morgan fingerprint density at radius 1 is 0.922 bits per heavy atom. The van der Waals surface area contributed by atoms with Crippen LogP contribution in [0.5, 0.6) is 0 Å². The third-order valence-corrected chi connectivity index (χ3v) is 9.16. The van der Waals surface area contributed by atoms with Gasteiger partial charge in [0.25, 0.3) is 0 Å². The van der Waals surface area contributed by atoms with Gasteiger partial charge in [0.1, 0.15) is 11.6 Å². The summed E-state index contributed by atoms with van der Waals surface area (Å²) in [7, 11) is 3.93. The zero-order valence-electron chi connectivity index (χ0n) is 29.2. The average Bonchev–Trinajstić information content (AvgIpc) is 3.54. The number of fused-ring (bicyclic) bond motifs is 1. The molecule has 2 aliphatic heterocycles. The van der Waals surface area contributed by atoms with E-state index in [2.05, 4.69) is 37.9 Å². The minimum absolute atomic E-state index is 0.0194. The highest BCUT2D eigenvalue weighted by Gasteiger charge is 2.20. The summed E-state index contributed by atoms with van der Waals surface area (Å²) in [5.74, 6) is 0.620. The van der Waals surface area contributed by atoms with Crippen molar-refractivity contribution >= 4 is 51.3 Å². The number of likely N-dealkylation sites (N-methyl/N-ethyl adjacent to an activating group) is 1. The topological polar surface area (TPSA) is 115 Å². The lowest BCUT2D eigenvalue weighted by Gasteiger charge is -2.29. The fourth-order valence-electron chi connectivity index (χ4n) is 6.61. The van der Waals surface area contributed by atoms with E-state index in [-0.39, 0.29) is 18.0 Å². The Hall–Kier alpha value is -5.33. The monoisotopic (exact) mass is 689 g/mol. The molecule has 7 rings (SSSR count). The largest absolute Gasteiger partial charge is 0.378 e. The van der Waals surface area contributed by atoms with Crippen LogP contribution in [0, 0.1) is 5.82 Å². The van der Waals surface area contributed by atoms with Crippen LogP contribution in [0.25, 0.3) is 22.3 Å². The van der Waals surface area contributed by atoms with Gasteiger partial charge in [0.2, 0.25) is 5.95 Å². The van der Waals surface area contributed by atoms with Crippen molar-refractivity contribution in [1.29, 1.82) is 0 Å². The number of benzene rings is 3. The molecule has 12 heteroatoms. The predicted molar refractivity (Wildman–Crippen MR) is 202 cm³/mol. The van der Waals surface area contributed by atoms with Crippen LogP contribution >= 0.6 is 0 Å². The van der Waals surface area contributed by atoms with Crippen LogP contribution in [0.1, 0.15) is 24.8 Å². The Morgan fingerprint density at radius 3 is 2.53 bits per heavy atom. The first-order chi connectivity index (χ1) is 24.9. The number of hydrogen-bond donors (Lipinski definition) is 3. The van der Waals surface area contributed by atoms with Gasteiger partial charge in [0, 0.05) is 61.8 Å². The quantitative estimate of drug-likeness (QED) is 0.122. The van der Waals surface area contributed by atoms with E-state index in [0.717, 1.165) is 35.6 Å². The number of morpholine rings is 1. The maximum atomic E-state index is 15.4. The number of allylic oxidation sites excluding steroid dienone is 1. The molecule has 2 saturated heterocycles. The van der Waals surface area contributed by atoms with Crippen molar-refractivity contribution in [2.75, 3.05) is 80.5 Å². The molecule has 3 aromatic carbocycles. The smallest absolute Gasteiger partial charge is 0.229 e. The Bertz CT molecular complexity index is 2020. The fourth-order valence-corrected chi connectivity index (χ4v) is 6.61. The molecule has 0 amide bonds. The van der Waals surface area contributed by atoms with Gasteiger partial charge in [0.05, 0.1) is 30.0 Å². The molecule has 4 heterocycles. The SMILES string of the molecule is CN(C)C/C=C/C(=O)Cc1cccc(-c2nc(Nc3cccc(N4CCCCC4)c3)nc3n[nH]c(Nc4ccc(N5CCOCC5)c(F)c4)c23)c1. The lowest BCUT2D eigenvalue weighted by Crippen LogP contribution is -2.36. The van der Waals surface area contributed by atoms with Gasteiger partial charge in [-0.2, -0.15) is 10.1 Å². The molecule has 11 nitrogen and oxygen atoms in total. The first kappa shape index (κ1) is 34.1. The first-order valence-electron chi connectivity index (χ1n) is 17.6. The van der Waals surface area contributed by atoms with Crippen molar-refractivity contribution in [3.63, 3.8) is 0 Å². The number of halogens is 1. The van der Waals surface area contributed by atoms with Gasteiger partial charge in [-0.05, 0) is 87.5 Å². The molecule has 5 aromatic rings. The number of aromatic amines is 1. The van der Waals surface area contributed by atoms with E-state index in [9.17, 15) is 4.79 Å². The number of carbonyl (C=O) groups excluding carboxylic acids is 1. The summed E-state index contributed by atoms with van der Waals surface area (Å²) < 4.78 is 20.8. The number of H-pyrrole nitrogens is 1. The molecule has 0 radical (unpaired) electrons. The van der Waals surface area contributed by atoms with Crippen molar-refractivity contribution in [2.45, 2.75) is 25.7 Å². The van der Waals surface area contributed by atoms with Crippen molar-refractivity contribution < 1.29 is 13.9 Å². The van der Waals surface area contributed by atoms with Crippen LogP contribution in [-0.2, 0) is 16.0 Å². The zero-order chi connectivity index (χ0) is 35.2. The number of piperidine rings is 1. The van der Waals surface area contributed by atoms with E-state index in [0.29, 0.717) is 72.7 Å². The number of nitrogens with one attached hydrogen (secondary N) is 3. The third kappa shape index (κ3) is 8.35. The molecule has 0 bridgehead atoms.